The first-order chi connectivity index (χ1) is 12.3. The lowest BCUT2D eigenvalue weighted by Gasteiger charge is -2.16. The molecule has 142 valence electrons. The van der Waals surface area contributed by atoms with Crippen LogP contribution in [0.1, 0.15) is 48.8 Å². The van der Waals surface area contributed by atoms with Crippen molar-refractivity contribution in [2.75, 3.05) is 0 Å². The summed E-state index contributed by atoms with van der Waals surface area (Å²) in [6.07, 6.45) is 0.761. The van der Waals surface area contributed by atoms with Crippen LogP contribution in [0, 0.1) is 5.92 Å². The molecule has 26 heavy (non-hydrogen) atoms. The van der Waals surface area contributed by atoms with Crippen molar-refractivity contribution in [2.24, 2.45) is 13.0 Å². The molecule has 0 amide bonds. The number of aromatic nitrogens is 4. The van der Waals surface area contributed by atoms with E-state index in [9.17, 15) is 18.0 Å². The second kappa shape index (κ2) is 7.25. The minimum Gasteiger partial charge on any atom is -0.299 e. The van der Waals surface area contributed by atoms with Crippen LogP contribution in [-0.4, -0.2) is 25.3 Å². The summed E-state index contributed by atoms with van der Waals surface area (Å²) in [5.74, 6) is -0.212. The molecule has 1 atom stereocenters. The predicted octanol–water partition coefficient (Wildman–Crippen LogP) is 3.35. The number of rotatable bonds is 6. The molecule has 0 saturated carbocycles. The van der Waals surface area contributed by atoms with E-state index in [0.717, 1.165) is 12.8 Å². The number of hydrogen-bond acceptors (Lipinski definition) is 3. The average Bonchev–Trinajstić information content (AvgIpc) is 3.16. The van der Waals surface area contributed by atoms with Crippen molar-refractivity contribution in [1.82, 2.24) is 19.6 Å². The number of ketones is 1. The van der Waals surface area contributed by atoms with E-state index in [1.807, 2.05) is 6.92 Å². The van der Waals surface area contributed by atoms with E-state index < -0.39 is 11.9 Å². The summed E-state index contributed by atoms with van der Waals surface area (Å²) in [5.41, 5.74) is 0.990. The molecule has 0 fully saturated rings. The largest absolute Gasteiger partial charge is 0.435 e. The Kier molecular flexibility index (Phi) is 5.20. The van der Waals surface area contributed by atoms with Crippen LogP contribution < -0.4 is 0 Å². The summed E-state index contributed by atoms with van der Waals surface area (Å²) < 4.78 is 42.8. The van der Waals surface area contributed by atoms with Gasteiger partial charge in [0.15, 0.2) is 5.69 Å². The zero-order chi connectivity index (χ0) is 18.9. The van der Waals surface area contributed by atoms with Gasteiger partial charge >= 0.3 is 6.18 Å². The van der Waals surface area contributed by atoms with Crippen molar-refractivity contribution in [1.29, 1.82) is 0 Å². The first-order valence-corrected chi connectivity index (χ1v) is 8.92. The lowest BCUT2D eigenvalue weighted by atomic mass is 9.95. The van der Waals surface area contributed by atoms with Crippen LogP contribution in [0.5, 0.6) is 0 Å². The van der Waals surface area contributed by atoms with E-state index in [2.05, 4.69) is 10.2 Å². The van der Waals surface area contributed by atoms with Crippen LogP contribution in [0.4, 0.5) is 13.2 Å². The molecule has 0 N–H and O–H groups in total. The molecule has 2 aromatic rings. The van der Waals surface area contributed by atoms with Crippen LogP contribution in [0.3, 0.4) is 0 Å². The van der Waals surface area contributed by atoms with E-state index in [1.54, 1.807) is 24.0 Å². The van der Waals surface area contributed by atoms with E-state index in [-0.39, 0.29) is 18.1 Å². The van der Waals surface area contributed by atoms with Crippen LogP contribution >= 0.6 is 0 Å². The third-order valence-corrected chi connectivity index (χ3v) is 4.97. The monoisotopic (exact) mass is 368 g/mol. The third-order valence-electron chi connectivity index (χ3n) is 4.97. The molecule has 2 heterocycles. The zero-order valence-electron chi connectivity index (χ0n) is 15.0. The molecule has 0 spiro atoms. The Bertz CT molecular complexity index is 791. The van der Waals surface area contributed by atoms with Crippen LogP contribution in [0.15, 0.2) is 12.3 Å². The van der Waals surface area contributed by atoms with Gasteiger partial charge in [-0.3, -0.25) is 14.2 Å². The van der Waals surface area contributed by atoms with Gasteiger partial charge in [-0.1, -0.05) is 6.92 Å². The highest BCUT2D eigenvalue weighted by atomic mass is 19.4. The Balaban J connectivity index is 1.67. The average molecular weight is 368 g/mol. The number of aryl methyl sites for hydroxylation is 2. The van der Waals surface area contributed by atoms with Crippen molar-refractivity contribution in [3.05, 3.63) is 34.9 Å². The molecule has 0 saturated heterocycles. The second-order valence-corrected chi connectivity index (χ2v) is 7.02. The topological polar surface area (TPSA) is 52.7 Å². The highest BCUT2D eigenvalue weighted by Gasteiger charge is 2.39. The smallest absolute Gasteiger partial charge is 0.299 e. The standard InChI is InChI=1S/C18H23F3N4O/c1-12(16(26)11-13-8-9-24(2)22-13)7-10-25-15-6-4-3-5-14(15)17(23-25)18(19,20)21/h8-9,12H,3-7,10-11H2,1-2H3. The van der Waals surface area contributed by atoms with Gasteiger partial charge < -0.3 is 0 Å². The van der Waals surface area contributed by atoms with Crippen molar-refractivity contribution in [3.63, 3.8) is 0 Å². The maximum absolute atomic E-state index is 13.2. The second-order valence-electron chi connectivity index (χ2n) is 7.02. The highest BCUT2D eigenvalue weighted by Crippen LogP contribution is 2.36. The number of carbonyl (C=O) groups is 1. The van der Waals surface area contributed by atoms with Gasteiger partial charge in [-0.2, -0.15) is 23.4 Å². The number of halogens is 3. The molecule has 1 aliphatic rings. The number of fused-ring (bicyclic) bond motifs is 1. The fourth-order valence-electron chi connectivity index (χ4n) is 3.47. The maximum Gasteiger partial charge on any atom is 0.435 e. The fourth-order valence-corrected chi connectivity index (χ4v) is 3.47. The van der Waals surface area contributed by atoms with Gasteiger partial charge in [0.25, 0.3) is 0 Å². The van der Waals surface area contributed by atoms with Crippen LogP contribution in [0.2, 0.25) is 0 Å². The number of hydrogen-bond donors (Lipinski definition) is 0. The molecular formula is C18H23F3N4O. The molecule has 8 heteroatoms. The van der Waals surface area contributed by atoms with Crippen molar-refractivity contribution in [2.45, 2.75) is 58.2 Å². The van der Waals surface area contributed by atoms with Crippen molar-refractivity contribution in [3.8, 4) is 0 Å². The summed E-state index contributed by atoms with van der Waals surface area (Å²) in [7, 11) is 1.79. The summed E-state index contributed by atoms with van der Waals surface area (Å²) in [5, 5.41) is 8.04. The van der Waals surface area contributed by atoms with Gasteiger partial charge in [-0.25, -0.2) is 0 Å². The Morgan fingerprint density at radius 1 is 1.27 bits per heavy atom. The van der Waals surface area contributed by atoms with Gasteiger partial charge in [0, 0.05) is 37.0 Å². The number of nitrogens with zero attached hydrogens (tertiary/aromatic N) is 4. The SMILES string of the molecule is CC(CCn1nc(C(F)(F)F)c2c1CCCC2)C(=O)Cc1ccn(C)n1. The zero-order valence-corrected chi connectivity index (χ0v) is 15.0. The minimum absolute atomic E-state index is 0.0424. The summed E-state index contributed by atoms with van der Waals surface area (Å²) in [6, 6.07) is 1.80. The Labute approximate surface area is 150 Å². The number of Topliss-reactive ketones (excluding diaryl/α,β-unsaturated/α-hetero) is 1. The normalized spacial score (nSPS) is 15.7. The van der Waals surface area contributed by atoms with Gasteiger partial charge in [0.2, 0.25) is 0 Å². The van der Waals surface area contributed by atoms with Crippen LogP contribution in [0.25, 0.3) is 0 Å². The lowest BCUT2D eigenvalue weighted by molar-refractivity contribution is -0.142. The van der Waals surface area contributed by atoms with E-state index in [1.165, 1.54) is 4.68 Å². The first kappa shape index (κ1) is 18.7. The van der Waals surface area contributed by atoms with Crippen molar-refractivity contribution >= 4 is 5.78 Å². The predicted molar refractivity (Wildman–Crippen MR) is 89.6 cm³/mol. The minimum atomic E-state index is -4.42. The maximum atomic E-state index is 13.2. The number of alkyl halides is 3. The van der Waals surface area contributed by atoms with E-state index >= 15 is 0 Å². The first-order valence-electron chi connectivity index (χ1n) is 8.92. The van der Waals surface area contributed by atoms with Crippen molar-refractivity contribution < 1.29 is 18.0 Å². The third kappa shape index (κ3) is 3.99. The van der Waals surface area contributed by atoms with Gasteiger partial charge in [0.1, 0.15) is 5.78 Å². The molecule has 5 nitrogen and oxygen atoms in total. The lowest BCUT2D eigenvalue weighted by Crippen LogP contribution is -2.18. The van der Waals surface area contributed by atoms with E-state index in [0.29, 0.717) is 42.8 Å². The molecule has 0 aromatic carbocycles. The van der Waals surface area contributed by atoms with E-state index in [4.69, 9.17) is 0 Å². The molecular weight excluding hydrogens is 345 g/mol. The summed E-state index contributed by atoms with van der Waals surface area (Å²) in [6.45, 7) is 2.14. The summed E-state index contributed by atoms with van der Waals surface area (Å²) in [4.78, 5) is 12.3. The Morgan fingerprint density at radius 3 is 2.65 bits per heavy atom. The molecule has 3 rings (SSSR count). The van der Waals surface area contributed by atoms with Gasteiger partial charge in [0.05, 0.1) is 12.1 Å². The molecule has 0 radical (unpaired) electrons. The Morgan fingerprint density at radius 2 is 2.00 bits per heavy atom. The summed E-state index contributed by atoms with van der Waals surface area (Å²) >= 11 is 0. The van der Waals surface area contributed by atoms with Gasteiger partial charge in [-0.15, -0.1) is 0 Å². The molecule has 2 aromatic heterocycles. The molecule has 0 aliphatic heterocycles. The quantitative estimate of drug-likeness (QED) is 0.786. The molecule has 0 bridgehead atoms. The highest BCUT2D eigenvalue weighted by molar-refractivity contribution is 5.82. The fraction of sp³-hybridized carbons (Fsp3) is 0.611. The van der Waals surface area contributed by atoms with Gasteiger partial charge in [-0.05, 0) is 38.2 Å². The molecule has 1 aliphatic carbocycles. The molecule has 1 unspecified atom stereocenters. The number of carbonyl (C=O) groups excluding carboxylic acids is 1. The Hall–Kier alpha value is -2.12. The van der Waals surface area contributed by atoms with Crippen LogP contribution in [-0.2, 0) is 43.8 Å².